The molecule has 0 aliphatic carbocycles. The Kier molecular flexibility index (Phi) is 7.00. The first-order valence-corrected chi connectivity index (χ1v) is 5.27. The second-order valence-electron chi connectivity index (χ2n) is 2.45. The lowest BCUT2D eigenvalue weighted by molar-refractivity contribution is -0.117. The molecule has 0 bridgehead atoms. The van der Waals surface area contributed by atoms with Gasteiger partial charge in [0.15, 0.2) is 14.2 Å². The number of Topliss-reactive ketones (excluding diaryl/α,β-unsaturated/α-hetero) is 1. The third-order valence-electron chi connectivity index (χ3n) is 1.53. The lowest BCUT2D eigenvalue weighted by Gasteiger charge is -2.13. The van der Waals surface area contributed by atoms with Crippen LogP contribution in [-0.2, 0) is 13.8 Å². The van der Waals surface area contributed by atoms with Crippen LogP contribution in [0.5, 0.6) is 0 Å². The van der Waals surface area contributed by atoms with Crippen molar-refractivity contribution < 1.29 is 13.8 Å². The second kappa shape index (κ2) is 7.15. The van der Waals surface area contributed by atoms with Crippen LogP contribution in [-0.4, -0.2) is 32.2 Å². The van der Waals surface area contributed by atoms with Crippen LogP contribution in [0.2, 0.25) is 0 Å². The molecule has 0 aromatic rings. The Balaban J connectivity index is 3.89. The highest BCUT2D eigenvalue weighted by molar-refractivity contribution is 7.48. The molecule has 1 atom stereocenters. The van der Waals surface area contributed by atoms with Crippen LogP contribution in [0, 0.1) is 0 Å². The maximum atomic E-state index is 11.3. The van der Waals surface area contributed by atoms with E-state index < -0.39 is 14.4 Å². The molecule has 0 rings (SSSR count). The molecule has 0 saturated heterocycles. The zero-order valence-corrected chi connectivity index (χ0v) is 8.92. The molecule has 0 aromatic heterocycles. The smallest absolute Gasteiger partial charge is 0.177 e. The number of hydrogen-bond acceptors (Lipinski definition) is 4. The summed E-state index contributed by atoms with van der Waals surface area (Å²) in [5.74, 6) is -0.0466. The number of nitrogens with two attached hydrogens (primary N) is 1. The summed E-state index contributed by atoms with van der Waals surface area (Å²) in [5.41, 5.74) is 5.56. The van der Waals surface area contributed by atoms with E-state index in [1.54, 1.807) is 6.08 Å². The van der Waals surface area contributed by atoms with Gasteiger partial charge in [0.05, 0.1) is 12.2 Å². The van der Waals surface area contributed by atoms with Gasteiger partial charge in [0.1, 0.15) is 0 Å². The molecule has 0 heterocycles. The molecule has 0 spiro atoms. The summed E-state index contributed by atoms with van der Waals surface area (Å²) in [6.07, 6.45) is 2.37. The molecular formula is C8H16NO3P. The molecule has 76 valence electrons. The first-order valence-electron chi connectivity index (χ1n) is 3.90. The monoisotopic (exact) mass is 205 g/mol. The number of hydrogen-bond donors (Lipinski definition) is 1. The number of rotatable bonds is 7. The molecule has 13 heavy (non-hydrogen) atoms. The first kappa shape index (κ1) is 12.7. The fourth-order valence-electron chi connectivity index (χ4n) is 0.759. The van der Waals surface area contributed by atoms with Gasteiger partial charge in [0.25, 0.3) is 0 Å². The topological polar surface area (TPSA) is 61.6 Å². The van der Waals surface area contributed by atoms with E-state index in [2.05, 4.69) is 6.58 Å². The molecule has 0 aliphatic heterocycles. The summed E-state index contributed by atoms with van der Waals surface area (Å²) in [4.78, 5) is 11.3. The van der Waals surface area contributed by atoms with E-state index in [9.17, 15) is 4.79 Å². The second-order valence-corrected chi connectivity index (χ2v) is 4.17. The average Bonchev–Trinajstić information content (AvgIpc) is 2.14. The van der Waals surface area contributed by atoms with Crippen LogP contribution in [0.15, 0.2) is 12.7 Å². The predicted octanol–water partition coefficient (Wildman–Crippen LogP) is 1.06. The van der Waals surface area contributed by atoms with Gasteiger partial charge < -0.3 is 14.8 Å². The molecule has 0 aromatic carbocycles. The lowest BCUT2D eigenvalue weighted by Crippen LogP contribution is -2.31. The maximum Gasteiger partial charge on any atom is 0.177 e. The quantitative estimate of drug-likeness (QED) is 0.498. The molecule has 0 radical (unpaired) electrons. The van der Waals surface area contributed by atoms with E-state index in [-0.39, 0.29) is 11.9 Å². The van der Waals surface area contributed by atoms with Gasteiger partial charge in [-0.1, -0.05) is 6.08 Å². The molecule has 0 amide bonds. The molecule has 4 nitrogen and oxygen atoms in total. The summed E-state index contributed by atoms with van der Waals surface area (Å²) in [5, 5.41) is 0. The Bertz CT molecular complexity index is 171. The number of ketones is 1. The van der Waals surface area contributed by atoms with Crippen LogP contribution in [0.3, 0.4) is 0 Å². The van der Waals surface area contributed by atoms with Gasteiger partial charge >= 0.3 is 0 Å². The van der Waals surface area contributed by atoms with Crippen molar-refractivity contribution in [1.29, 1.82) is 0 Å². The van der Waals surface area contributed by atoms with Gasteiger partial charge in [0.2, 0.25) is 0 Å². The van der Waals surface area contributed by atoms with Crippen molar-refractivity contribution in [3.05, 3.63) is 12.7 Å². The third-order valence-corrected chi connectivity index (χ3v) is 2.91. The van der Waals surface area contributed by atoms with Gasteiger partial charge in [-0.2, -0.15) is 0 Å². The SMILES string of the molecule is C=CC[C@H](N)C(=O)CP(OC)OC. The predicted molar refractivity (Wildman–Crippen MR) is 53.6 cm³/mol. The summed E-state index contributed by atoms with van der Waals surface area (Å²) in [7, 11) is 1.93. The van der Waals surface area contributed by atoms with Gasteiger partial charge in [-0.05, 0) is 6.42 Å². The van der Waals surface area contributed by atoms with Crippen molar-refractivity contribution in [1.82, 2.24) is 0 Å². The average molecular weight is 205 g/mol. The van der Waals surface area contributed by atoms with E-state index >= 15 is 0 Å². The van der Waals surface area contributed by atoms with Crippen molar-refractivity contribution in [3.63, 3.8) is 0 Å². The highest BCUT2D eigenvalue weighted by Crippen LogP contribution is 2.35. The Labute approximate surface area is 80.0 Å². The first-order chi connectivity index (χ1) is 6.15. The highest BCUT2D eigenvalue weighted by atomic mass is 31.2. The standard InChI is InChI=1S/C8H16NO3P/c1-4-5-7(9)8(10)6-13(11-2)12-3/h4,7H,1,5-6,9H2,2-3H3/t7-/m0/s1. The minimum atomic E-state index is -1.10. The molecule has 5 heteroatoms. The fourth-order valence-corrected chi connectivity index (χ4v) is 1.66. The Morgan fingerprint density at radius 3 is 2.54 bits per heavy atom. The third kappa shape index (κ3) is 5.11. The van der Waals surface area contributed by atoms with Crippen molar-refractivity contribution in [2.75, 3.05) is 20.4 Å². The van der Waals surface area contributed by atoms with Crippen LogP contribution in [0.25, 0.3) is 0 Å². The largest absolute Gasteiger partial charge is 0.337 e. The van der Waals surface area contributed by atoms with E-state index in [0.29, 0.717) is 6.42 Å². The van der Waals surface area contributed by atoms with Gasteiger partial charge in [0, 0.05) is 14.2 Å². The van der Waals surface area contributed by atoms with E-state index in [0.717, 1.165) is 0 Å². The van der Waals surface area contributed by atoms with Crippen LogP contribution >= 0.6 is 8.38 Å². The minimum absolute atomic E-state index is 0.0466. The molecule has 0 aliphatic rings. The zero-order valence-electron chi connectivity index (χ0n) is 8.03. The summed E-state index contributed by atoms with van der Waals surface area (Å²) in [6, 6.07) is -0.479. The van der Waals surface area contributed by atoms with Gasteiger partial charge in [-0.3, -0.25) is 4.79 Å². The van der Waals surface area contributed by atoms with Gasteiger partial charge in [-0.15, -0.1) is 6.58 Å². The molecule has 0 fully saturated rings. The van der Waals surface area contributed by atoms with Crippen molar-refractivity contribution in [3.8, 4) is 0 Å². The van der Waals surface area contributed by atoms with Crippen molar-refractivity contribution in [2.45, 2.75) is 12.5 Å². The van der Waals surface area contributed by atoms with Crippen LogP contribution < -0.4 is 5.73 Å². The normalized spacial score (nSPS) is 12.9. The van der Waals surface area contributed by atoms with E-state index in [4.69, 9.17) is 14.8 Å². The molecule has 0 saturated carbocycles. The fraction of sp³-hybridized carbons (Fsp3) is 0.625. The van der Waals surface area contributed by atoms with Crippen molar-refractivity contribution in [2.24, 2.45) is 5.73 Å². The lowest BCUT2D eigenvalue weighted by atomic mass is 10.1. The summed E-state index contributed by atoms with van der Waals surface area (Å²) in [6.45, 7) is 3.51. The zero-order chi connectivity index (χ0) is 10.3. The number of carbonyl (C=O) groups excluding carboxylic acids is 1. The summed E-state index contributed by atoms with van der Waals surface area (Å²) >= 11 is 0. The van der Waals surface area contributed by atoms with E-state index in [1.165, 1.54) is 14.2 Å². The van der Waals surface area contributed by atoms with Crippen LogP contribution in [0.1, 0.15) is 6.42 Å². The number of carbonyl (C=O) groups is 1. The Morgan fingerprint density at radius 2 is 2.15 bits per heavy atom. The molecule has 0 unspecified atom stereocenters. The molecule has 2 N–H and O–H groups in total. The van der Waals surface area contributed by atoms with Crippen LogP contribution in [0.4, 0.5) is 0 Å². The summed E-state index contributed by atoms with van der Waals surface area (Å²) < 4.78 is 9.88. The highest BCUT2D eigenvalue weighted by Gasteiger charge is 2.18. The van der Waals surface area contributed by atoms with Gasteiger partial charge in [-0.25, -0.2) is 0 Å². The maximum absolute atomic E-state index is 11.3. The minimum Gasteiger partial charge on any atom is -0.337 e. The molecular weight excluding hydrogens is 189 g/mol. The Morgan fingerprint density at radius 1 is 1.62 bits per heavy atom. The van der Waals surface area contributed by atoms with E-state index in [1.807, 2.05) is 0 Å². The van der Waals surface area contributed by atoms with Crippen molar-refractivity contribution >= 4 is 14.2 Å². The Hall–Kier alpha value is -0.280.